The number of aliphatic hydroxyl groups is 1. The predicted octanol–water partition coefficient (Wildman–Crippen LogP) is 8.17. The zero-order valence-electron chi connectivity index (χ0n) is 21.2. The molecule has 4 rings (SSSR count). The van der Waals surface area contributed by atoms with Gasteiger partial charge in [-0.3, -0.25) is 0 Å². The third-order valence-electron chi connectivity index (χ3n) is 10.7. The summed E-state index contributed by atoms with van der Waals surface area (Å²) in [6.45, 7) is 17.1. The molecule has 1 nitrogen and oxygen atoms in total. The molecule has 30 heavy (non-hydrogen) atoms. The number of rotatable bonds is 4. The highest BCUT2D eigenvalue weighted by molar-refractivity contribution is 5.26. The minimum atomic E-state index is -0.470. The van der Waals surface area contributed by atoms with E-state index in [1.807, 2.05) is 0 Å². The van der Waals surface area contributed by atoms with Gasteiger partial charge in [0.05, 0.1) is 5.60 Å². The van der Waals surface area contributed by atoms with Crippen LogP contribution in [0.2, 0.25) is 0 Å². The van der Waals surface area contributed by atoms with E-state index in [2.05, 4.69) is 54.5 Å². The van der Waals surface area contributed by atoms with Gasteiger partial charge in [-0.15, -0.1) is 0 Å². The highest BCUT2D eigenvalue weighted by Crippen LogP contribution is 2.67. The Morgan fingerprint density at radius 3 is 2.47 bits per heavy atom. The maximum Gasteiger partial charge on any atom is 0.0657 e. The van der Waals surface area contributed by atoms with Crippen molar-refractivity contribution in [2.75, 3.05) is 0 Å². The number of hydrogen-bond acceptors (Lipinski definition) is 1. The average Bonchev–Trinajstić information content (AvgIpc) is 2.98. The molecule has 0 saturated heterocycles. The summed E-state index contributed by atoms with van der Waals surface area (Å²) >= 11 is 0. The summed E-state index contributed by atoms with van der Waals surface area (Å²) in [6, 6.07) is 0. The molecule has 4 aliphatic carbocycles. The second kappa shape index (κ2) is 7.64. The highest BCUT2D eigenvalue weighted by Gasteiger charge is 2.59. The third-order valence-corrected chi connectivity index (χ3v) is 10.7. The molecule has 8 atom stereocenters. The van der Waals surface area contributed by atoms with Crippen LogP contribution in [0, 0.1) is 45.8 Å². The molecule has 0 amide bonds. The lowest BCUT2D eigenvalue weighted by Gasteiger charge is -2.59. The fraction of sp³-hybridized carbons (Fsp3) is 0.931. The molecular weight excluding hydrogens is 364 g/mol. The maximum absolute atomic E-state index is 10.7. The third kappa shape index (κ3) is 3.95. The highest BCUT2D eigenvalue weighted by atomic mass is 16.3. The van der Waals surface area contributed by atoms with E-state index in [4.69, 9.17) is 0 Å². The van der Waals surface area contributed by atoms with Gasteiger partial charge in [-0.25, -0.2) is 0 Å². The topological polar surface area (TPSA) is 20.2 Å². The van der Waals surface area contributed by atoms with Gasteiger partial charge in [-0.1, -0.05) is 66.0 Å². The molecule has 0 unspecified atom stereocenters. The molecule has 3 saturated carbocycles. The van der Waals surface area contributed by atoms with E-state index < -0.39 is 5.60 Å². The number of allylic oxidation sites excluding steroid dienone is 1. The van der Waals surface area contributed by atoms with Gasteiger partial charge < -0.3 is 5.11 Å². The van der Waals surface area contributed by atoms with Gasteiger partial charge in [0.1, 0.15) is 0 Å². The molecule has 0 bridgehead atoms. The second-order valence-electron chi connectivity index (χ2n) is 14.1. The van der Waals surface area contributed by atoms with E-state index in [1.54, 1.807) is 5.57 Å². The first kappa shape index (κ1) is 22.9. The van der Waals surface area contributed by atoms with Crippen molar-refractivity contribution in [3.8, 4) is 0 Å². The van der Waals surface area contributed by atoms with Crippen LogP contribution in [0.15, 0.2) is 11.6 Å². The van der Waals surface area contributed by atoms with Crippen LogP contribution in [-0.4, -0.2) is 10.7 Å². The molecule has 0 heterocycles. The normalized spacial score (nSPS) is 47.1. The largest absolute Gasteiger partial charge is 0.390 e. The zero-order valence-corrected chi connectivity index (χ0v) is 21.2. The van der Waals surface area contributed by atoms with E-state index in [-0.39, 0.29) is 0 Å². The van der Waals surface area contributed by atoms with Crippen molar-refractivity contribution in [3.63, 3.8) is 0 Å². The standard InChI is InChI=1S/C29H50O/c1-20(9-8-15-26(2,3)4)23-12-13-24-22-11-10-21-19-27(5,30)17-18-28(21,6)25(22)14-16-29(23,24)7/h10,20,22-25,30H,8-9,11-19H2,1-7H3/t20-,22+,23-,24+,25+,27+,28+,29-/m1/s1. The monoisotopic (exact) mass is 414 g/mol. The lowest BCUT2D eigenvalue weighted by atomic mass is 9.46. The molecule has 172 valence electrons. The quantitative estimate of drug-likeness (QED) is 0.460. The van der Waals surface area contributed by atoms with Crippen LogP contribution in [0.1, 0.15) is 119 Å². The minimum Gasteiger partial charge on any atom is -0.390 e. The van der Waals surface area contributed by atoms with E-state index in [1.165, 1.54) is 57.8 Å². The van der Waals surface area contributed by atoms with Crippen molar-refractivity contribution < 1.29 is 5.11 Å². The van der Waals surface area contributed by atoms with Gasteiger partial charge in [0.2, 0.25) is 0 Å². The van der Waals surface area contributed by atoms with Crippen LogP contribution in [0.4, 0.5) is 0 Å². The molecule has 0 spiro atoms. The van der Waals surface area contributed by atoms with Crippen molar-refractivity contribution >= 4 is 0 Å². The van der Waals surface area contributed by atoms with Crippen LogP contribution in [-0.2, 0) is 0 Å². The second-order valence-corrected chi connectivity index (χ2v) is 14.1. The molecule has 4 aliphatic rings. The van der Waals surface area contributed by atoms with Crippen molar-refractivity contribution in [1.82, 2.24) is 0 Å². The molecule has 0 radical (unpaired) electrons. The summed E-state index contributed by atoms with van der Waals surface area (Å²) in [5.41, 5.74) is 2.55. The van der Waals surface area contributed by atoms with E-state index in [0.29, 0.717) is 16.2 Å². The van der Waals surface area contributed by atoms with Gasteiger partial charge in [-0.05, 0) is 111 Å². The first-order valence-corrected chi connectivity index (χ1v) is 13.3. The fourth-order valence-corrected chi connectivity index (χ4v) is 8.94. The molecular formula is C29H50O. The molecule has 3 fully saturated rings. The Balaban J connectivity index is 1.48. The summed E-state index contributed by atoms with van der Waals surface area (Å²) in [4.78, 5) is 0. The number of hydrogen-bond donors (Lipinski definition) is 1. The van der Waals surface area contributed by atoms with Crippen molar-refractivity contribution in [1.29, 1.82) is 0 Å². The summed E-state index contributed by atoms with van der Waals surface area (Å²) in [7, 11) is 0. The van der Waals surface area contributed by atoms with Crippen LogP contribution in [0.5, 0.6) is 0 Å². The van der Waals surface area contributed by atoms with Crippen LogP contribution in [0.25, 0.3) is 0 Å². The first-order valence-electron chi connectivity index (χ1n) is 13.3. The van der Waals surface area contributed by atoms with Crippen molar-refractivity contribution in [3.05, 3.63) is 11.6 Å². The molecule has 0 aliphatic heterocycles. The Bertz CT molecular complexity index is 666. The lowest BCUT2D eigenvalue weighted by molar-refractivity contribution is -0.0706. The van der Waals surface area contributed by atoms with Crippen LogP contribution in [0.3, 0.4) is 0 Å². The van der Waals surface area contributed by atoms with Gasteiger partial charge in [0, 0.05) is 0 Å². The SMILES string of the molecule is C[C@H](CCCC(C)(C)C)[C@H]1CC[C@H]2[C@@H]3CC=C4C[C@@](C)(O)CC[C@]4(C)[C@H]3CC[C@]12C. The zero-order chi connectivity index (χ0) is 21.9. The molecule has 0 aromatic heterocycles. The summed E-state index contributed by atoms with van der Waals surface area (Å²) in [5.74, 6) is 4.51. The van der Waals surface area contributed by atoms with Gasteiger partial charge >= 0.3 is 0 Å². The average molecular weight is 415 g/mol. The molecule has 0 aromatic rings. The molecule has 0 aromatic carbocycles. The Kier molecular flexibility index (Phi) is 5.82. The Hall–Kier alpha value is -0.300. The minimum absolute atomic E-state index is 0.364. The van der Waals surface area contributed by atoms with Crippen molar-refractivity contribution in [2.24, 2.45) is 45.8 Å². The van der Waals surface area contributed by atoms with Gasteiger partial charge in [0.15, 0.2) is 0 Å². The van der Waals surface area contributed by atoms with Gasteiger partial charge in [-0.2, -0.15) is 0 Å². The Labute approximate surface area is 187 Å². The van der Waals surface area contributed by atoms with E-state index >= 15 is 0 Å². The lowest BCUT2D eigenvalue weighted by Crippen LogP contribution is -2.52. The summed E-state index contributed by atoms with van der Waals surface area (Å²) < 4.78 is 0. The van der Waals surface area contributed by atoms with Crippen LogP contribution >= 0.6 is 0 Å². The number of fused-ring (bicyclic) bond motifs is 5. The van der Waals surface area contributed by atoms with Gasteiger partial charge in [0.25, 0.3) is 0 Å². The first-order chi connectivity index (χ1) is 13.9. The van der Waals surface area contributed by atoms with Crippen LogP contribution < -0.4 is 0 Å². The predicted molar refractivity (Wildman–Crippen MR) is 128 cm³/mol. The van der Waals surface area contributed by atoms with E-state index in [9.17, 15) is 5.11 Å². The molecule has 1 N–H and O–H groups in total. The summed E-state index contributed by atoms with van der Waals surface area (Å²) in [6.07, 6.45) is 17.0. The summed E-state index contributed by atoms with van der Waals surface area (Å²) in [5, 5.41) is 10.7. The fourth-order valence-electron chi connectivity index (χ4n) is 8.94. The molecule has 1 heteroatoms. The smallest absolute Gasteiger partial charge is 0.0657 e. The van der Waals surface area contributed by atoms with Crippen molar-refractivity contribution in [2.45, 2.75) is 125 Å². The Morgan fingerprint density at radius 1 is 1.03 bits per heavy atom. The maximum atomic E-state index is 10.7. The van der Waals surface area contributed by atoms with E-state index in [0.717, 1.165) is 42.4 Å². The Morgan fingerprint density at radius 2 is 1.77 bits per heavy atom.